The summed E-state index contributed by atoms with van der Waals surface area (Å²) >= 11 is 0. The summed E-state index contributed by atoms with van der Waals surface area (Å²) in [5.41, 5.74) is 0. The highest BCUT2D eigenvalue weighted by atomic mass is 16.2. The van der Waals surface area contributed by atoms with Crippen LogP contribution in [0.3, 0.4) is 0 Å². The van der Waals surface area contributed by atoms with Crippen molar-refractivity contribution < 1.29 is 4.79 Å². The Kier molecular flexibility index (Phi) is 4.84. The van der Waals surface area contributed by atoms with Crippen molar-refractivity contribution >= 4 is 6.03 Å². The first-order valence-corrected chi connectivity index (χ1v) is 3.85. The molecule has 0 aromatic rings. The lowest BCUT2D eigenvalue weighted by Gasteiger charge is -2.20. The summed E-state index contributed by atoms with van der Waals surface area (Å²) < 4.78 is 0. The van der Waals surface area contributed by atoms with E-state index in [2.05, 4.69) is 6.58 Å². The van der Waals surface area contributed by atoms with Gasteiger partial charge < -0.3 is 4.90 Å². The Morgan fingerprint density at radius 2 is 2.08 bits per heavy atom. The van der Waals surface area contributed by atoms with Gasteiger partial charge in [0.1, 0.15) is 0 Å². The molecule has 0 aliphatic heterocycles. The highest BCUT2D eigenvalue weighted by Crippen LogP contribution is 1.95. The third kappa shape index (κ3) is 3.23. The van der Waals surface area contributed by atoms with Crippen LogP contribution in [0.2, 0.25) is 0 Å². The molecule has 0 bridgehead atoms. The van der Waals surface area contributed by atoms with E-state index in [-0.39, 0.29) is 6.03 Å². The van der Waals surface area contributed by atoms with Crippen molar-refractivity contribution in [1.82, 2.24) is 9.80 Å². The molecule has 12 heavy (non-hydrogen) atoms. The lowest BCUT2D eigenvalue weighted by Crippen LogP contribution is -2.35. The summed E-state index contributed by atoms with van der Waals surface area (Å²) in [5, 5.41) is 0. The summed E-state index contributed by atoms with van der Waals surface area (Å²) in [6.45, 7) is 6.06. The molecule has 0 N–H and O–H groups in total. The fourth-order valence-electron chi connectivity index (χ4n) is 0.707. The Hall–Kier alpha value is -1.25. The lowest BCUT2D eigenvalue weighted by molar-refractivity contribution is 0.192. The van der Waals surface area contributed by atoms with Gasteiger partial charge in [-0.3, -0.25) is 4.90 Å². The number of hydrogen-bond donors (Lipinski definition) is 0. The zero-order valence-corrected chi connectivity index (χ0v) is 7.95. The van der Waals surface area contributed by atoms with Gasteiger partial charge in [-0.05, 0) is 6.92 Å². The van der Waals surface area contributed by atoms with Gasteiger partial charge in [0.25, 0.3) is 0 Å². The summed E-state index contributed by atoms with van der Waals surface area (Å²) in [5.74, 6) is 0. The van der Waals surface area contributed by atoms with Crippen LogP contribution >= 0.6 is 0 Å². The van der Waals surface area contributed by atoms with Gasteiger partial charge in [0.05, 0.1) is 0 Å². The molecule has 3 heteroatoms. The molecule has 0 aromatic heterocycles. The normalized spacial score (nSPS) is 9.92. The van der Waals surface area contributed by atoms with Crippen LogP contribution in [-0.2, 0) is 0 Å². The van der Waals surface area contributed by atoms with E-state index in [9.17, 15) is 4.79 Å². The van der Waals surface area contributed by atoms with Crippen molar-refractivity contribution in [1.29, 1.82) is 0 Å². The van der Waals surface area contributed by atoms with Crippen molar-refractivity contribution in [2.45, 2.75) is 6.92 Å². The topological polar surface area (TPSA) is 23.6 Å². The zero-order chi connectivity index (χ0) is 9.56. The monoisotopic (exact) mass is 168 g/mol. The predicted octanol–water partition coefficient (Wildman–Crippen LogP) is 1.69. The maximum atomic E-state index is 11.3. The summed E-state index contributed by atoms with van der Waals surface area (Å²) in [6.07, 6.45) is 5.34. The molecule has 0 rings (SSSR count). The second-order valence-electron chi connectivity index (χ2n) is 2.58. The molecule has 0 spiro atoms. The van der Waals surface area contributed by atoms with E-state index in [0.29, 0.717) is 6.54 Å². The molecule has 3 nitrogen and oxygen atoms in total. The first-order chi connectivity index (χ1) is 5.63. The van der Waals surface area contributed by atoms with Crippen molar-refractivity contribution in [3.63, 3.8) is 0 Å². The number of urea groups is 1. The van der Waals surface area contributed by atoms with Crippen LogP contribution in [0, 0.1) is 0 Å². The van der Waals surface area contributed by atoms with Gasteiger partial charge in [-0.25, -0.2) is 4.79 Å². The van der Waals surface area contributed by atoms with E-state index in [0.717, 1.165) is 0 Å². The van der Waals surface area contributed by atoms with Gasteiger partial charge in [0, 0.05) is 26.8 Å². The highest BCUT2D eigenvalue weighted by Gasteiger charge is 2.09. The second-order valence-corrected chi connectivity index (χ2v) is 2.58. The highest BCUT2D eigenvalue weighted by molar-refractivity contribution is 5.74. The zero-order valence-electron chi connectivity index (χ0n) is 7.95. The average molecular weight is 168 g/mol. The molecule has 2 amide bonds. The van der Waals surface area contributed by atoms with Crippen molar-refractivity contribution in [3.05, 3.63) is 24.9 Å². The number of allylic oxidation sites excluding steroid dienone is 1. The third-order valence-electron chi connectivity index (χ3n) is 1.39. The molecule has 0 saturated heterocycles. The van der Waals surface area contributed by atoms with Crippen LogP contribution in [-0.4, -0.2) is 36.5 Å². The Labute approximate surface area is 74.0 Å². The first-order valence-electron chi connectivity index (χ1n) is 3.85. The number of hydrogen-bond acceptors (Lipinski definition) is 1. The van der Waals surface area contributed by atoms with E-state index in [1.165, 1.54) is 11.1 Å². The molecule has 0 aromatic carbocycles. The SMILES string of the molecule is C=CN(C/C=C/C)C(=O)N(C)C. The Balaban J connectivity index is 4.14. The van der Waals surface area contributed by atoms with Crippen molar-refractivity contribution in [3.8, 4) is 0 Å². The fourth-order valence-corrected chi connectivity index (χ4v) is 0.707. The molecule has 0 aliphatic rings. The maximum absolute atomic E-state index is 11.3. The van der Waals surface area contributed by atoms with Gasteiger partial charge >= 0.3 is 6.03 Å². The van der Waals surface area contributed by atoms with Gasteiger partial charge in [-0.1, -0.05) is 18.7 Å². The Morgan fingerprint density at radius 1 is 1.50 bits per heavy atom. The maximum Gasteiger partial charge on any atom is 0.323 e. The molecule has 0 atom stereocenters. The van der Waals surface area contributed by atoms with Crippen LogP contribution in [0.5, 0.6) is 0 Å². The van der Waals surface area contributed by atoms with E-state index in [1.54, 1.807) is 19.0 Å². The summed E-state index contributed by atoms with van der Waals surface area (Å²) in [6, 6.07) is -0.0527. The molecule has 0 fully saturated rings. The molecular weight excluding hydrogens is 152 g/mol. The lowest BCUT2D eigenvalue weighted by atomic mass is 10.5. The van der Waals surface area contributed by atoms with Crippen molar-refractivity contribution in [2.24, 2.45) is 0 Å². The molecule has 0 aliphatic carbocycles. The molecule has 68 valence electrons. The number of rotatable bonds is 3. The Bertz CT molecular complexity index is 185. The standard InChI is InChI=1S/C9H16N2O/c1-5-7-8-11(6-2)9(12)10(3)4/h5-7H,2,8H2,1,3-4H3/b7-5+. The van der Waals surface area contributed by atoms with Gasteiger partial charge in [-0.15, -0.1) is 0 Å². The number of nitrogens with zero attached hydrogens (tertiary/aromatic N) is 2. The Morgan fingerprint density at radius 3 is 2.42 bits per heavy atom. The van der Waals surface area contributed by atoms with Crippen LogP contribution in [0.4, 0.5) is 4.79 Å². The third-order valence-corrected chi connectivity index (χ3v) is 1.39. The molecule has 0 unspecified atom stereocenters. The van der Waals surface area contributed by atoms with E-state index >= 15 is 0 Å². The molecule has 0 heterocycles. The molecular formula is C9H16N2O. The first kappa shape index (κ1) is 10.8. The predicted molar refractivity (Wildman–Crippen MR) is 50.8 cm³/mol. The molecule has 0 saturated carbocycles. The van der Waals surface area contributed by atoms with Crippen LogP contribution in [0.15, 0.2) is 24.9 Å². The largest absolute Gasteiger partial charge is 0.330 e. The van der Waals surface area contributed by atoms with Crippen LogP contribution in [0.25, 0.3) is 0 Å². The van der Waals surface area contributed by atoms with E-state index in [1.807, 2.05) is 19.1 Å². The minimum absolute atomic E-state index is 0.0527. The summed E-state index contributed by atoms with van der Waals surface area (Å²) in [7, 11) is 3.43. The number of carbonyl (C=O) groups is 1. The number of amides is 2. The van der Waals surface area contributed by atoms with Gasteiger partial charge in [-0.2, -0.15) is 0 Å². The average Bonchev–Trinajstić information content (AvgIpc) is 2.05. The van der Waals surface area contributed by atoms with Gasteiger partial charge in [0.15, 0.2) is 0 Å². The summed E-state index contributed by atoms with van der Waals surface area (Å²) in [4.78, 5) is 14.4. The minimum atomic E-state index is -0.0527. The van der Waals surface area contributed by atoms with Gasteiger partial charge in [0.2, 0.25) is 0 Å². The molecule has 0 radical (unpaired) electrons. The van der Waals surface area contributed by atoms with Crippen molar-refractivity contribution in [2.75, 3.05) is 20.6 Å². The number of carbonyl (C=O) groups excluding carboxylic acids is 1. The minimum Gasteiger partial charge on any atom is -0.330 e. The second kappa shape index (κ2) is 5.41. The van der Waals surface area contributed by atoms with Crippen LogP contribution < -0.4 is 0 Å². The fraction of sp³-hybridized carbons (Fsp3) is 0.444. The van der Waals surface area contributed by atoms with E-state index < -0.39 is 0 Å². The van der Waals surface area contributed by atoms with Crippen LogP contribution in [0.1, 0.15) is 6.92 Å². The van der Waals surface area contributed by atoms with E-state index in [4.69, 9.17) is 0 Å². The quantitative estimate of drug-likeness (QED) is 0.588. The smallest absolute Gasteiger partial charge is 0.323 e.